The molecule has 0 radical (unpaired) electrons. The summed E-state index contributed by atoms with van der Waals surface area (Å²) >= 11 is 6.26. The number of anilines is 1. The molecular formula is C26H23N3O7S2. The molecule has 5 rings (SSSR count). The molecule has 1 aromatic rings. The highest BCUT2D eigenvalue weighted by Crippen LogP contribution is 2.53. The molecule has 1 heterocycles. The predicted octanol–water partition coefficient (Wildman–Crippen LogP) is 3.08. The highest BCUT2D eigenvalue weighted by molar-refractivity contribution is 8.00. The Balaban J connectivity index is 1.44. The van der Waals surface area contributed by atoms with Gasteiger partial charge >= 0.3 is 0 Å². The maximum Gasteiger partial charge on any atom is 0.276 e. The molecule has 1 aliphatic heterocycles. The van der Waals surface area contributed by atoms with E-state index in [-0.39, 0.29) is 35.6 Å². The second-order valence-corrected chi connectivity index (χ2v) is 11.1. The van der Waals surface area contributed by atoms with E-state index in [0.29, 0.717) is 22.7 Å². The molecule has 12 heteroatoms. The van der Waals surface area contributed by atoms with Crippen LogP contribution in [0.5, 0.6) is 5.75 Å². The molecule has 3 unspecified atom stereocenters. The van der Waals surface area contributed by atoms with E-state index in [1.54, 1.807) is 18.2 Å². The average Bonchev–Trinajstić information content (AvgIpc) is 2.84. The number of allylic oxidation sites excluding steroid dienone is 5. The third-order valence-electron chi connectivity index (χ3n) is 6.85. The molecule has 3 aliphatic carbocycles. The van der Waals surface area contributed by atoms with Crippen molar-refractivity contribution in [2.24, 2.45) is 11.8 Å². The average molecular weight is 554 g/mol. The van der Waals surface area contributed by atoms with Gasteiger partial charge in [0.1, 0.15) is 22.8 Å². The minimum absolute atomic E-state index is 0.0277. The van der Waals surface area contributed by atoms with Crippen LogP contribution in [-0.2, 0) is 14.4 Å². The number of ketones is 2. The lowest BCUT2D eigenvalue weighted by molar-refractivity contribution is -0.127. The summed E-state index contributed by atoms with van der Waals surface area (Å²) in [6, 6.07) is 2.76. The lowest BCUT2D eigenvalue weighted by Crippen LogP contribution is -2.46. The molecule has 0 fully saturated rings. The van der Waals surface area contributed by atoms with Crippen LogP contribution < -0.4 is 16.2 Å². The smallest absolute Gasteiger partial charge is 0.276 e. The van der Waals surface area contributed by atoms with Gasteiger partial charge in [0.05, 0.1) is 28.4 Å². The van der Waals surface area contributed by atoms with Crippen LogP contribution in [0.3, 0.4) is 0 Å². The van der Waals surface area contributed by atoms with Gasteiger partial charge in [-0.15, -0.1) is 11.8 Å². The number of thioether (sulfide) groups is 1. The van der Waals surface area contributed by atoms with Crippen LogP contribution in [-0.4, -0.2) is 48.8 Å². The van der Waals surface area contributed by atoms with Gasteiger partial charge in [-0.3, -0.25) is 30.0 Å². The molecule has 1 aromatic carbocycles. The van der Waals surface area contributed by atoms with Gasteiger partial charge < -0.3 is 20.6 Å². The minimum Gasteiger partial charge on any atom is -0.511 e. The standard InChI is InChI=1S/C26H23N3O7S2/c1-10(30)27-14-6-7-15(31)19-24(35)21-17(38-25(14)19)9-11-8-16(32)20(22(33)18(11)23(21)34)26(36)29-28-12-2-4-13(37)5-3-12/h2-4,6-7,11,17-18,28,31-32,34H,5,8-9H2,1H3,(H,27,30)(H,29,36). The Hall–Kier alpha value is -3.90. The van der Waals surface area contributed by atoms with Gasteiger partial charge in [-0.05, 0) is 36.6 Å². The first-order chi connectivity index (χ1) is 18.1. The number of phenolic OH excluding ortho intramolecular Hbond substituents is 1. The van der Waals surface area contributed by atoms with Crippen LogP contribution >= 0.6 is 24.0 Å². The lowest BCUT2D eigenvalue weighted by atomic mass is 9.68. The molecule has 0 saturated carbocycles. The summed E-state index contributed by atoms with van der Waals surface area (Å²) in [5, 5.41) is 34.4. The van der Waals surface area contributed by atoms with Gasteiger partial charge in [-0.25, -0.2) is 0 Å². The molecule has 0 spiro atoms. The number of thiocarbonyl (C=S) groups is 1. The van der Waals surface area contributed by atoms with Gasteiger partial charge in [0, 0.05) is 34.8 Å². The molecule has 0 saturated heterocycles. The summed E-state index contributed by atoms with van der Waals surface area (Å²) < 4.78 is 0. The number of phenols is 1. The Morgan fingerprint density at radius 2 is 1.89 bits per heavy atom. The molecule has 4 aliphatic rings. The first-order valence-electron chi connectivity index (χ1n) is 11.8. The minimum atomic E-state index is -1.20. The fraction of sp³-hybridized carbons (Fsp3) is 0.269. The van der Waals surface area contributed by atoms with E-state index in [2.05, 4.69) is 16.2 Å². The third kappa shape index (κ3) is 4.39. The number of fused-ring (bicyclic) bond motifs is 3. The number of aromatic hydroxyl groups is 1. The zero-order valence-corrected chi connectivity index (χ0v) is 21.7. The van der Waals surface area contributed by atoms with Gasteiger partial charge in [0.15, 0.2) is 11.6 Å². The SMILES string of the molecule is CC(=O)Nc1ccc(O)c2c1SC1CC3CC(O)=C(C(=O)NNC4=CCC(=S)C=C4)C(=O)C3C(O)=C1C2=O. The van der Waals surface area contributed by atoms with Crippen molar-refractivity contribution in [2.75, 3.05) is 5.32 Å². The first-order valence-corrected chi connectivity index (χ1v) is 13.1. The molecule has 3 atom stereocenters. The zero-order valence-electron chi connectivity index (χ0n) is 20.0. The van der Waals surface area contributed by atoms with E-state index in [9.17, 15) is 34.5 Å². The number of hydrogen-bond donors (Lipinski definition) is 6. The van der Waals surface area contributed by atoms with Gasteiger partial charge in [-0.2, -0.15) is 0 Å². The second kappa shape index (κ2) is 9.76. The van der Waals surface area contributed by atoms with Crippen molar-refractivity contribution in [3.63, 3.8) is 0 Å². The third-order valence-corrected chi connectivity index (χ3v) is 8.53. The van der Waals surface area contributed by atoms with E-state index in [4.69, 9.17) is 12.2 Å². The summed E-state index contributed by atoms with van der Waals surface area (Å²) in [7, 11) is 0. The largest absolute Gasteiger partial charge is 0.511 e. The summed E-state index contributed by atoms with van der Waals surface area (Å²) in [6.07, 6.45) is 5.82. The lowest BCUT2D eigenvalue weighted by Gasteiger charge is -2.40. The van der Waals surface area contributed by atoms with E-state index < -0.39 is 51.7 Å². The quantitative estimate of drug-likeness (QED) is 0.141. The molecule has 38 heavy (non-hydrogen) atoms. The summed E-state index contributed by atoms with van der Waals surface area (Å²) in [5.74, 6) is -5.63. The predicted molar refractivity (Wildman–Crippen MR) is 143 cm³/mol. The van der Waals surface area contributed by atoms with E-state index >= 15 is 0 Å². The van der Waals surface area contributed by atoms with Crippen molar-refractivity contribution < 1.29 is 34.5 Å². The van der Waals surface area contributed by atoms with E-state index in [1.165, 1.54) is 30.8 Å². The van der Waals surface area contributed by atoms with E-state index in [1.807, 2.05) is 0 Å². The van der Waals surface area contributed by atoms with Crippen LogP contribution in [0.4, 0.5) is 5.69 Å². The van der Waals surface area contributed by atoms with Gasteiger partial charge in [-0.1, -0.05) is 18.3 Å². The fourth-order valence-corrected chi connectivity index (χ4v) is 6.86. The normalized spacial score (nSPS) is 24.3. The molecule has 0 bridgehead atoms. The number of hydrogen-bond acceptors (Lipinski definition) is 10. The van der Waals surface area contributed by atoms with Crippen molar-refractivity contribution in [3.05, 3.63) is 64.3 Å². The molecular weight excluding hydrogens is 530 g/mol. The Kier molecular flexibility index (Phi) is 6.61. The highest BCUT2D eigenvalue weighted by atomic mass is 32.2. The first kappa shape index (κ1) is 25.7. The maximum absolute atomic E-state index is 13.5. The number of rotatable bonds is 4. The number of benzene rings is 1. The maximum atomic E-state index is 13.5. The second-order valence-electron chi connectivity index (χ2n) is 9.36. The topological polar surface area (TPSA) is 165 Å². The molecule has 10 nitrogen and oxygen atoms in total. The number of carbonyl (C=O) groups excluding carboxylic acids is 4. The number of aliphatic hydroxyl groups excluding tert-OH is 2. The summed E-state index contributed by atoms with van der Waals surface area (Å²) in [4.78, 5) is 52.5. The number of aliphatic hydroxyl groups is 2. The number of amides is 2. The van der Waals surface area contributed by atoms with Gasteiger partial charge in [0.2, 0.25) is 5.91 Å². The van der Waals surface area contributed by atoms with Crippen LogP contribution in [0.25, 0.3) is 0 Å². The van der Waals surface area contributed by atoms with Crippen molar-refractivity contribution in [2.45, 2.75) is 36.3 Å². The van der Waals surface area contributed by atoms with Crippen LogP contribution in [0.2, 0.25) is 0 Å². The Morgan fingerprint density at radius 1 is 1.13 bits per heavy atom. The number of hydrazine groups is 1. The Labute approximate surface area is 226 Å². The van der Waals surface area contributed by atoms with E-state index in [0.717, 1.165) is 4.86 Å². The van der Waals surface area contributed by atoms with Crippen LogP contribution in [0, 0.1) is 11.8 Å². The summed E-state index contributed by atoms with van der Waals surface area (Å²) in [5.41, 5.74) is 5.38. The summed E-state index contributed by atoms with van der Waals surface area (Å²) in [6.45, 7) is 1.32. The number of Topliss-reactive ketones (excluding diaryl/α,β-unsaturated/α-hetero) is 2. The van der Waals surface area contributed by atoms with Crippen LogP contribution in [0.1, 0.15) is 36.5 Å². The molecule has 196 valence electrons. The van der Waals surface area contributed by atoms with Crippen molar-refractivity contribution in [3.8, 4) is 5.75 Å². The van der Waals surface area contributed by atoms with Crippen molar-refractivity contribution in [1.29, 1.82) is 0 Å². The molecule has 6 N–H and O–H groups in total. The van der Waals surface area contributed by atoms with Gasteiger partial charge in [0.25, 0.3) is 5.91 Å². The highest BCUT2D eigenvalue weighted by Gasteiger charge is 2.51. The molecule has 2 amide bonds. The molecule has 0 aromatic heterocycles. The number of nitrogens with one attached hydrogen (secondary N) is 3. The van der Waals surface area contributed by atoms with Crippen LogP contribution in [0.15, 0.2) is 63.6 Å². The fourth-order valence-electron chi connectivity index (χ4n) is 5.18. The zero-order chi connectivity index (χ0) is 27.3. The Morgan fingerprint density at radius 3 is 2.58 bits per heavy atom. The van der Waals surface area contributed by atoms with Crippen molar-refractivity contribution >= 4 is 57.9 Å². The number of carbonyl (C=O) groups is 4. The monoisotopic (exact) mass is 553 g/mol. The Bertz CT molecular complexity index is 1460. The van der Waals surface area contributed by atoms with Crippen molar-refractivity contribution in [1.82, 2.24) is 10.9 Å².